The lowest BCUT2D eigenvalue weighted by atomic mass is 9.89. The van der Waals surface area contributed by atoms with Gasteiger partial charge < -0.3 is 24.1 Å². The molecule has 1 fully saturated rings. The zero-order valence-corrected chi connectivity index (χ0v) is 25.8. The number of benzene rings is 1. The quantitative estimate of drug-likeness (QED) is 0.202. The summed E-state index contributed by atoms with van der Waals surface area (Å²) in [6, 6.07) is 4.02. The molecule has 1 saturated heterocycles. The summed E-state index contributed by atoms with van der Waals surface area (Å²) in [5.41, 5.74) is 4.44. The van der Waals surface area contributed by atoms with E-state index in [1.54, 1.807) is 42.2 Å². The van der Waals surface area contributed by atoms with Crippen LogP contribution in [0.5, 0.6) is 11.5 Å². The fraction of sp³-hybridized carbons (Fsp3) is 0.567. The van der Waals surface area contributed by atoms with E-state index in [1.165, 1.54) is 4.90 Å². The van der Waals surface area contributed by atoms with Gasteiger partial charge in [-0.1, -0.05) is 18.2 Å². The molecule has 3 amide bonds. The maximum absolute atomic E-state index is 13.0. The first-order chi connectivity index (χ1) is 18.2. The number of amides is 3. The van der Waals surface area contributed by atoms with Crippen molar-refractivity contribution >= 4 is 17.6 Å². The second-order valence-electron chi connectivity index (χ2n) is 10.9. The Morgan fingerprint density at radius 2 is 1.77 bits per heavy atom. The van der Waals surface area contributed by atoms with Gasteiger partial charge >= 0.3 is 6.03 Å². The van der Waals surface area contributed by atoms with E-state index in [0.29, 0.717) is 30.3 Å². The van der Waals surface area contributed by atoms with Crippen molar-refractivity contribution in [3.63, 3.8) is 0 Å². The summed E-state index contributed by atoms with van der Waals surface area (Å²) in [5.74, 6) is 2.36. The molecule has 0 unspecified atom stereocenters. The van der Waals surface area contributed by atoms with Crippen LogP contribution in [0.3, 0.4) is 0 Å². The van der Waals surface area contributed by atoms with Crippen molar-refractivity contribution < 1.29 is 23.9 Å². The zero-order valence-electron chi connectivity index (χ0n) is 25.8. The monoisotopic (exact) mass is 542 g/mol. The first-order valence-corrected chi connectivity index (χ1v) is 13.3. The molecule has 1 atom stereocenters. The van der Waals surface area contributed by atoms with Gasteiger partial charge in [0.1, 0.15) is 17.3 Å². The van der Waals surface area contributed by atoms with Gasteiger partial charge in [0.25, 0.3) is 5.91 Å². The Kier molecular flexibility index (Phi) is 10.6. The fourth-order valence-corrected chi connectivity index (χ4v) is 4.82. The van der Waals surface area contributed by atoms with Crippen molar-refractivity contribution in [3.8, 4) is 11.5 Å². The number of ether oxygens (including phenoxy) is 2. The summed E-state index contributed by atoms with van der Waals surface area (Å²) < 4.78 is 11.0. The average Bonchev–Trinajstić information content (AvgIpc) is 3.04. The number of hydrogen-bond donors (Lipinski definition) is 0. The SMILES string of the molecule is CC(C)=NO/C(C)=C(\C)C(=O)N(C)C.CCN1C(=O)N2Cc3cc(OC)cc(OC)c3C[C@@H](C)/C=C\2C1(C)C. The van der Waals surface area contributed by atoms with Gasteiger partial charge in [-0.3, -0.25) is 9.69 Å². The summed E-state index contributed by atoms with van der Waals surface area (Å²) in [5, 5.41) is 3.78. The van der Waals surface area contributed by atoms with Gasteiger partial charge in [0.2, 0.25) is 0 Å². The molecule has 0 saturated carbocycles. The molecule has 2 heterocycles. The van der Waals surface area contributed by atoms with E-state index in [0.717, 1.165) is 40.5 Å². The van der Waals surface area contributed by atoms with Crippen molar-refractivity contribution in [2.45, 2.75) is 73.9 Å². The van der Waals surface area contributed by atoms with E-state index in [4.69, 9.17) is 14.3 Å². The summed E-state index contributed by atoms with van der Waals surface area (Å²) in [6.07, 6.45) is 3.14. The van der Waals surface area contributed by atoms with E-state index in [1.807, 2.05) is 42.7 Å². The van der Waals surface area contributed by atoms with E-state index in [2.05, 4.69) is 32.0 Å². The number of urea groups is 1. The number of hydrogen-bond acceptors (Lipinski definition) is 6. The average molecular weight is 543 g/mol. The minimum absolute atomic E-state index is 0.0635. The number of rotatable bonds is 6. The maximum Gasteiger partial charge on any atom is 0.325 e. The van der Waals surface area contributed by atoms with Gasteiger partial charge in [-0.15, -0.1) is 0 Å². The van der Waals surface area contributed by atoms with Gasteiger partial charge in [0, 0.05) is 32.4 Å². The molecule has 9 nitrogen and oxygen atoms in total. The van der Waals surface area contributed by atoms with E-state index < -0.39 is 0 Å². The summed E-state index contributed by atoms with van der Waals surface area (Å²) in [4.78, 5) is 34.9. The highest BCUT2D eigenvalue weighted by Gasteiger charge is 2.47. The lowest BCUT2D eigenvalue weighted by Crippen LogP contribution is -2.41. The molecular weight excluding hydrogens is 496 g/mol. The first-order valence-electron chi connectivity index (χ1n) is 13.3. The van der Waals surface area contributed by atoms with Crippen LogP contribution in [0, 0.1) is 5.92 Å². The maximum atomic E-state index is 13.0. The summed E-state index contributed by atoms with van der Waals surface area (Å²) in [7, 11) is 6.74. The molecular formula is C30H46N4O5. The number of fused-ring (bicyclic) bond motifs is 2. The van der Waals surface area contributed by atoms with Gasteiger partial charge in [-0.05, 0) is 78.0 Å². The van der Waals surface area contributed by atoms with Crippen molar-refractivity contribution in [1.82, 2.24) is 14.7 Å². The highest BCUT2D eigenvalue weighted by atomic mass is 16.6. The molecule has 2 aliphatic heterocycles. The predicted octanol–water partition coefficient (Wildman–Crippen LogP) is 5.60. The van der Waals surface area contributed by atoms with Crippen LogP contribution in [0.15, 0.2) is 40.4 Å². The highest BCUT2D eigenvalue weighted by molar-refractivity contribution is 5.92. The van der Waals surface area contributed by atoms with Gasteiger partial charge in [0.15, 0.2) is 0 Å². The third-order valence-electron chi connectivity index (χ3n) is 7.02. The summed E-state index contributed by atoms with van der Waals surface area (Å²) in [6.45, 7) is 16.8. The van der Waals surface area contributed by atoms with Crippen LogP contribution in [0.1, 0.15) is 66.5 Å². The lowest BCUT2D eigenvalue weighted by Gasteiger charge is -2.31. The first kappa shape index (κ1) is 31.7. The Balaban J connectivity index is 0.000000326. The Labute approximate surface area is 234 Å². The number of allylic oxidation sites excluding steroid dienone is 2. The Morgan fingerprint density at radius 1 is 1.13 bits per heavy atom. The molecule has 1 aromatic carbocycles. The molecule has 2 aliphatic rings. The minimum Gasteiger partial charge on any atom is -0.497 e. The third-order valence-corrected chi connectivity index (χ3v) is 7.02. The van der Waals surface area contributed by atoms with E-state index in [-0.39, 0.29) is 17.5 Å². The largest absolute Gasteiger partial charge is 0.497 e. The smallest absolute Gasteiger partial charge is 0.325 e. The second kappa shape index (κ2) is 13.0. The number of methoxy groups -OCH3 is 2. The van der Waals surface area contributed by atoms with Gasteiger partial charge in [-0.25, -0.2) is 4.79 Å². The highest BCUT2D eigenvalue weighted by Crippen LogP contribution is 2.41. The molecule has 3 rings (SSSR count). The second-order valence-corrected chi connectivity index (χ2v) is 10.9. The Morgan fingerprint density at radius 3 is 2.28 bits per heavy atom. The van der Waals surface area contributed by atoms with Crippen LogP contribution >= 0.6 is 0 Å². The van der Waals surface area contributed by atoms with Crippen molar-refractivity contribution in [2.75, 3.05) is 34.9 Å². The molecule has 0 aromatic heterocycles. The number of likely N-dealkylation sites (N-methyl/N-ethyl adjacent to an activating group) is 2. The molecule has 9 heteroatoms. The van der Waals surface area contributed by atoms with Crippen LogP contribution in [-0.2, 0) is 22.6 Å². The predicted molar refractivity (Wildman–Crippen MR) is 155 cm³/mol. The van der Waals surface area contributed by atoms with Crippen LogP contribution in [0.4, 0.5) is 4.79 Å². The summed E-state index contributed by atoms with van der Waals surface area (Å²) >= 11 is 0. The van der Waals surface area contributed by atoms with Crippen molar-refractivity contribution in [1.29, 1.82) is 0 Å². The van der Waals surface area contributed by atoms with Crippen LogP contribution in [0.25, 0.3) is 0 Å². The standard InChI is InChI=1S/C20H28N2O3.C10H18N2O2/c1-7-22-19(23)21-12-14-10-15(24-5)11-17(25-6)16(14)8-13(2)9-18(21)20(22,3)4;1-7(2)11-14-9(4)8(3)10(13)12(5)6/h9-11,13H,7-8,12H2,1-6H3;1-6H3/b18-9-;9-8+/t13-;/m1./s1. The van der Waals surface area contributed by atoms with Crippen molar-refractivity contribution in [3.05, 3.63) is 46.4 Å². The topological polar surface area (TPSA) is 83.9 Å². The van der Waals surface area contributed by atoms with Crippen LogP contribution in [-0.4, -0.2) is 72.7 Å². The number of carbonyl (C=O) groups is 2. The molecule has 39 heavy (non-hydrogen) atoms. The normalized spacial score (nSPS) is 19.5. The van der Waals surface area contributed by atoms with Crippen LogP contribution < -0.4 is 9.47 Å². The molecule has 1 aromatic rings. The third kappa shape index (κ3) is 7.13. The lowest BCUT2D eigenvalue weighted by molar-refractivity contribution is -0.124. The number of nitrogens with zero attached hydrogens (tertiary/aromatic N) is 4. The molecule has 0 radical (unpaired) electrons. The van der Waals surface area contributed by atoms with E-state index >= 15 is 0 Å². The fourth-order valence-electron chi connectivity index (χ4n) is 4.82. The number of carbonyl (C=O) groups excluding carboxylic acids is 2. The van der Waals surface area contributed by atoms with Crippen molar-refractivity contribution in [2.24, 2.45) is 11.1 Å². The molecule has 0 N–H and O–H groups in total. The Hall–Kier alpha value is -3.49. The molecule has 0 bridgehead atoms. The molecule has 0 spiro atoms. The van der Waals surface area contributed by atoms with E-state index in [9.17, 15) is 9.59 Å². The minimum atomic E-state index is -0.291. The van der Waals surface area contributed by atoms with Gasteiger partial charge in [-0.2, -0.15) is 0 Å². The molecule has 216 valence electrons. The van der Waals surface area contributed by atoms with Gasteiger partial charge in [0.05, 0.1) is 37.6 Å². The zero-order chi connectivity index (χ0) is 29.7. The number of oxime groups is 1. The Bertz CT molecular complexity index is 1160. The van der Waals surface area contributed by atoms with Crippen LogP contribution in [0.2, 0.25) is 0 Å². The molecule has 0 aliphatic carbocycles.